The molecule has 0 spiro atoms. The predicted molar refractivity (Wildman–Crippen MR) is 109 cm³/mol. The Kier molecular flexibility index (Phi) is 5.03. The first-order valence-corrected chi connectivity index (χ1v) is 10.4. The van der Waals surface area contributed by atoms with E-state index >= 15 is 0 Å². The van der Waals surface area contributed by atoms with Crippen molar-refractivity contribution in [3.05, 3.63) is 51.5 Å². The second kappa shape index (κ2) is 7.31. The molecule has 0 saturated carbocycles. The van der Waals surface area contributed by atoms with Gasteiger partial charge in [0.05, 0.1) is 39.1 Å². The van der Waals surface area contributed by atoms with Gasteiger partial charge >= 0.3 is 5.97 Å². The molecule has 138 valence electrons. The Morgan fingerprint density at radius 2 is 2.04 bits per heavy atom. The van der Waals surface area contributed by atoms with Gasteiger partial charge in [-0.15, -0.1) is 23.1 Å². The molecule has 1 unspecified atom stereocenters. The maximum atomic E-state index is 12.9. The molecule has 0 bridgehead atoms. The molecule has 2 heterocycles. The molecule has 1 N–H and O–H groups in total. The monoisotopic (exact) mass is 438 g/mol. The number of rotatable bonds is 4. The van der Waals surface area contributed by atoms with Gasteiger partial charge in [-0.25, -0.2) is 4.98 Å². The summed E-state index contributed by atoms with van der Waals surface area (Å²) in [4.78, 5) is 31.1. The lowest BCUT2D eigenvalue weighted by Crippen LogP contribution is -2.41. The van der Waals surface area contributed by atoms with Gasteiger partial charge in [0.25, 0.3) is 0 Å². The van der Waals surface area contributed by atoms with E-state index in [9.17, 15) is 9.59 Å². The Hall–Kier alpha value is -1.80. The van der Waals surface area contributed by atoms with Crippen LogP contribution in [0.4, 0.5) is 5.69 Å². The first-order valence-electron chi connectivity index (χ1n) is 7.95. The zero-order valence-electron chi connectivity index (χ0n) is 13.7. The highest BCUT2D eigenvalue weighted by atomic mass is 35.5. The number of carbonyl (C=O) groups excluding carboxylic acids is 1. The number of aliphatic carboxylic acids is 1. The van der Waals surface area contributed by atoms with Crippen LogP contribution in [0.15, 0.2) is 41.3 Å². The molecule has 0 saturated heterocycles. The van der Waals surface area contributed by atoms with Crippen molar-refractivity contribution >= 4 is 74.1 Å². The molecule has 5 nitrogen and oxygen atoms in total. The highest BCUT2D eigenvalue weighted by molar-refractivity contribution is 8.01. The molecular formula is C18H12Cl2N2O3S2. The number of halogens is 2. The van der Waals surface area contributed by atoms with Crippen LogP contribution in [0.25, 0.3) is 10.2 Å². The highest BCUT2D eigenvalue weighted by Gasteiger charge is 2.35. The van der Waals surface area contributed by atoms with E-state index in [4.69, 9.17) is 28.3 Å². The smallest absolute Gasteiger partial charge is 0.305 e. The molecule has 1 aliphatic rings. The van der Waals surface area contributed by atoms with Gasteiger partial charge in [-0.05, 0) is 24.3 Å². The van der Waals surface area contributed by atoms with Crippen LogP contribution in [0, 0.1) is 0 Å². The zero-order valence-corrected chi connectivity index (χ0v) is 16.8. The third-order valence-corrected chi connectivity index (χ3v) is 7.04. The summed E-state index contributed by atoms with van der Waals surface area (Å²) in [5, 5.41) is 10.2. The number of fused-ring (bicyclic) bond motifs is 2. The lowest BCUT2D eigenvalue weighted by Gasteiger charge is -2.32. The van der Waals surface area contributed by atoms with Crippen LogP contribution in [0.5, 0.6) is 0 Å². The average molecular weight is 439 g/mol. The Morgan fingerprint density at radius 1 is 1.26 bits per heavy atom. The largest absolute Gasteiger partial charge is 0.481 e. The van der Waals surface area contributed by atoms with E-state index in [-0.39, 0.29) is 18.9 Å². The Morgan fingerprint density at radius 3 is 2.81 bits per heavy atom. The zero-order chi connectivity index (χ0) is 19.1. The maximum absolute atomic E-state index is 12.9. The number of benzene rings is 2. The van der Waals surface area contributed by atoms with Crippen LogP contribution in [0.2, 0.25) is 10.0 Å². The number of carbonyl (C=O) groups is 2. The van der Waals surface area contributed by atoms with E-state index in [1.165, 1.54) is 23.1 Å². The summed E-state index contributed by atoms with van der Waals surface area (Å²) in [6, 6.07) is 10.9. The van der Waals surface area contributed by atoms with Crippen molar-refractivity contribution in [3.8, 4) is 0 Å². The summed E-state index contributed by atoms with van der Waals surface area (Å²) >= 11 is 15.0. The van der Waals surface area contributed by atoms with Crippen molar-refractivity contribution in [2.75, 3.05) is 4.90 Å². The van der Waals surface area contributed by atoms with Crippen LogP contribution in [0.1, 0.15) is 11.4 Å². The van der Waals surface area contributed by atoms with Gasteiger partial charge in [-0.2, -0.15) is 0 Å². The summed E-state index contributed by atoms with van der Waals surface area (Å²) in [7, 11) is 0. The minimum atomic E-state index is -0.999. The Labute approximate surface area is 172 Å². The van der Waals surface area contributed by atoms with Crippen LogP contribution >= 0.6 is 46.3 Å². The van der Waals surface area contributed by atoms with E-state index in [1.54, 1.807) is 17.0 Å². The molecule has 0 radical (unpaired) electrons. The van der Waals surface area contributed by atoms with Gasteiger partial charge < -0.3 is 10.0 Å². The van der Waals surface area contributed by atoms with Crippen LogP contribution in [-0.4, -0.2) is 27.2 Å². The number of nitrogens with zero attached hydrogens (tertiary/aromatic N) is 2. The van der Waals surface area contributed by atoms with Crippen molar-refractivity contribution in [3.63, 3.8) is 0 Å². The van der Waals surface area contributed by atoms with Crippen molar-refractivity contribution < 1.29 is 14.7 Å². The minimum absolute atomic E-state index is 0.227. The first kappa shape index (κ1) is 18.6. The SMILES string of the molecule is O=C(O)CC1Sc2ccccc2N(Cc2nc3cc(Cl)cc(Cl)c3s2)C1=O. The number of thiazole rings is 1. The molecule has 4 rings (SSSR count). The average Bonchev–Trinajstić information content (AvgIpc) is 3.01. The number of anilines is 1. The third kappa shape index (κ3) is 3.65. The second-order valence-corrected chi connectivity index (χ2v) is 9.11. The number of amides is 1. The number of aromatic nitrogens is 1. The van der Waals surface area contributed by atoms with E-state index in [0.717, 1.165) is 15.3 Å². The number of hydrogen-bond acceptors (Lipinski definition) is 5. The topological polar surface area (TPSA) is 70.5 Å². The lowest BCUT2D eigenvalue weighted by atomic mass is 10.2. The fourth-order valence-electron chi connectivity index (χ4n) is 2.94. The van der Waals surface area contributed by atoms with E-state index in [0.29, 0.717) is 20.6 Å². The molecule has 9 heteroatoms. The highest BCUT2D eigenvalue weighted by Crippen LogP contribution is 2.41. The molecule has 3 aromatic rings. The second-order valence-electron chi connectivity index (χ2n) is 5.94. The third-order valence-electron chi connectivity index (χ3n) is 4.07. The Bertz CT molecular complexity index is 1070. The minimum Gasteiger partial charge on any atom is -0.481 e. The summed E-state index contributed by atoms with van der Waals surface area (Å²) < 4.78 is 0.810. The summed E-state index contributed by atoms with van der Waals surface area (Å²) in [6.07, 6.45) is -0.227. The van der Waals surface area contributed by atoms with E-state index in [1.807, 2.05) is 24.3 Å². The standard InChI is InChI=1S/C18H12Cl2N2O3S2/c19-9-5-10(20)17-11(6-9)21-15(27-17)8-22-12-3-1-2-4-13(12)26-14(18(22)25)7-16(23)24/h1-6,14H,7-8H2,(H,23,24). The van der Waals surface area contributed by atoms with Gasteiger partial charge in [0.15, 0.2) is 0 Å². The molecule has 0 fully saturated rings. The normalized spacial score (nSPS) is 16.6. The lowest BCUT2D eigenvalue weighted by molar-refractivity contribution is -0.138. The number of carboxylic acids is 1. The van der Waals surface area contributed by atoms with Crippen molar-refractivity contribution in [1.29, 1.82) is 0 Å². The number of thioether (sulfide) groups is 1. The fraction of sp³-hybridized carbons (Fsp3) is 0.167. The number of para-hydroxylation sites is 1. The van der Waals surface area contributed by atoms with Crippen LogP contribution in [0.3, 0.4) is 0 Å². The molecule has 1 amide bonds. The van der Waals surface area contributed by atoms with Crippen molar-refractivity contribution in [2.45, 2.75) is 23.1 Å². The van der Waals surface area contributed by atoms with Crippen LogP contribution in [-0.2, 0) is 16.1 Å². The molecule has 1 aliphatic heterocycles. The number of carboxylic acid groups (broad SMARTS) is 1. The van der Waals surface area contributed by atoms with Crippen molar-refractivity contribution in [1.82, 2.24) is 4.98 Å². The van der Waals surface area contributed by atoms with Gasteiger partial charge in [0.2, 0.25) is 5.91 Å². The van der Waals surface area contributed by atoms with E-state index < -0.39 is 11.2 Å². The number of hydrogen-bond donors (Lipinski definition) is 1. The van der Waals surface area contributed by atoms with E-state index in [2.05, 4.69) is 4.98 Å². The summed E-state index contributed by atoms with van der Waals surface area (Å²) in [5.74, 6) is -1.23. The maximum Gasteiger partial charge on any atom is 0.305 e. The van der Waals surface area contributed by atoms with Gasteiger partial charge in [0.1, 0.15) is 5.01 Å². The quantitative estimate of drug-likeness (QED) is 0.614. The fourth-order valence-corrected chi connectivity index (χ4v) is 5.69. The predicted octanol–water partition coefficient (Wildman–Crippen LogP) is 5.09. The molecule has 1 aromatic heterocycles. The molecule has 27 heavy (non-hydrogen) atoms. The Balaban J connectivity index is 1.72. The summed E-state index contributed by atoms with van der Waals surface area (Å²) in [5.41, 5.74) is 1.44. The summed E-state index contributed by atoms with van der Waals surface area (Å²) in [6.45, 7) is 0.250. The van der Waals surface area contributed by atoms with Crippen LogP contribution < -0.4 is 4.90 Å². The van der Waals surface area contributed by atoms with Gasteiger partial charge in [-0.1, -0.05) is 35.3 Å². The van der Waals surface area contributed by atoms with Crippen molar-refractivity contribution in [2.24, 2.45) is 0 Å². The molecule has 0 aliphatic carbocycles. The molecule has 2 aromatic carbocycles. The van der Waals surface area contributed by atoms with Gasteiger partial charge in [-0.3, -0.25) is 9.59 Å². The molecular weight excluding hydrogens is 427 g/mol. The van der Waals surface area contributed by atoms with Gasteiger partial charge in [0, 0.05) is 9.92 Å². The first-order chi connectivity index (χ1) is 12.9. The molecule has 1 atom stereocenters.